The summed E-state index contributed by atoms with van der Waals surface area (Å²) in [5.41, 5.74) is 1.76. The number of amides is 1. The molecule has 1 amide bonds. The molecule has 3 aromatic rings. The standard InChI is InChI=1S/C19H16N4O5S/c1-4-5-21-16-6-11(2)12(3)7-17(16)29-19(21)20-18(24)13-8-14(22(25)26)10-15(9-13)23(27)28/h4,6-10H,1,5H2,2-3H3. The number of non-ortho nitro benzene ring substituents is 2. The maximum Gasteiger partial charge on any atom is 0.280 e. The Morgan fingerprint density at radius 3 is 2.24 bits per heavy atom. The van der Waals surface area contributed by atoms with Gasteiger partial charge in [-0.1, -0.05) is 17.4 Å². The number of nitrogens with zero attached hydrogens (tertiary/aromatic N) is 4. The number of nitro benzene ring substituents is 2. The molecule has 0 fully saturated rings. The molecule has 2 aromatic carbocycles. The number of aryl methyl sites for hydroxylation is 2. The number of hydrogen-bond acceptors (Lipinski definition) is 6. The topological polar surface area (TPSA) is 121 Å². The first-order valence-electron chi connectivity index (χ1n) is 8.45. The van der Waals surface area contributed by atoms with E-state index in [1.807, 2.05) is 30.5 Å². The Kier molecular flexibility index (Phi) is 5.37. The molecule has 0 radical (unpaired) electrons. The minimum Gasteiger partial charge on any atom is -0.312 e. The van der Waals surface area contributed by atoms with Gasteiger partial charge in [0, 0.05) is 18.7 Å². The molecular weight excluding hydrogens is 396 g/mol. The van der Waals surface area contributed by atoms with Crippen molar-refractivity contribution < 1.29 is 14.6 Å². The van der Waals surface area contributed by atoms with E-state index in [1.165, 1.54) is 11.3 Å². The largest absolute Gasteiger partial charge is 0.312 e. The van der Waals surface area contributed by atoms with Crippen LogP contribution in [-0.4, -0.2) is 20.3 Å². The zero-order chi connectivity index (χ0) is 21.3. The third-order valence-corrected chi connectivity index (χ3v) is 5.42. The van der Waals surface area contributed by atoms with Crippen molar-refractivity contribution >= 4 is 38.8 Å². The van der Waals surface area contributed by atoms with E-state index in [4.69, 9.17) is 0 Å². The summed E-state index contributed by atoms with van der Waals surface area (Å²) in [7, 11) is 0. The Hall–Kier alpha value is -3.66. The summed E-state index contributed by atoms with van der Waals surface area (Å²) in [6.45, 7) is 8.10. The van der Waals surface area contributed by atoms with Crippen LogP contribution in [0.5, 0.6) is 0 Å². The monoisotopic (exact) mass is 412 g/mol. The zero-order valence-corrected chi connectivity index (χ0v) is 16.4. The third kappa shape index (κ3) is 3.97. The number of nitro groups is 2. The number of benzene rings is 2. The van der Waals surface area contributed by atoms with E-state index in [-0.39, 0.29) is 5.56 Å². The van der Waals surface area contributed by atoms with Crippen molar-refractivity contribution in [2.24, 2.45) is 4.99 Å². The summed E-state index contributed by atoms with van der Waals surface area (Å²) in [4.78, 5) is 37.7. The summed E-state index contributed by atoms with van der Waals surface area (Å²) in [6.07, 6.45) is 1.67. The molecule has 1 heterocycles. The maximum atomic E-state index is 12.7. The number of hydrogen-bond donors (Lipinski definition) is 0. The Bertz CT molecular complexity index is 1220. The van der Waals surface area contributed by atoms with Crippen LogP contribution in [0.2, 0.25) is 0 Å². The lowest BCUT2D eigenvalue weighted by Gasteiger charge is -2.04. The average molecular weight is 412 g/mol. The highest BCUT2D eigenvalue weighted by atomic mass is 32.1. The van der Waals surface area contributed by atoms with Gasteiger partial charge in [0.15, 0.2) is 4.80 Å². The van der Waals surface area contributed by atoms with Gasteiger partial charge in [0.05, 0.1) is 31.7 Å². The average Bonchev–Trinajstić information content (AvgIpc) is 2.98. The number of allylic oxidation sites excluding steroid dienone is 1. The van der Waals surface area contributed by atoms with Crippen LogP contribution in [0.1, 0.15) is 21.5 Å². The molecule has 10 heteroatoms. The Morgan fingerprint density at radius 2 is 1.69 bits per heavy atom. The molecule has 0 bridgehead atoms. The van der Waals surface area contributed by atoms with Gasteiger partial charge in [-0.2, -0.15) is 4.99 Å². The highest BCUT2D eigenvalue weighted by molar-refractivity contribution is 7.16. The van der Waals surface area contributed by atoms with E-state index in [0.717, 1.165) is 39.5 Å². The normalized spacial score (nSPS) is 11.6. The van der Waals surface area contributed by atoms with Gasteiger partial charge in [-0.05, 0) is 37.1 Å². The third-order valence-electron chi connectivity index (χ3n) is 4.38. The van der Waals surface area contributed by atoms with Gasteiger partial charge in [-0.25, -0.2) is 0 Å². The second-order valence-electron chi connectivity index (χ2n) is 6.36. The van der Waals surface area contributed by atoms with Gasteiger partial charge in [-0.3, -0.25) is 25.0 Å². The number of thiazole rings is 1. The van der Waals surface area contributed by atoms with Crippen LogP contribution >= 0.6 is 11.3 Å². The fraction of sp³-hybridized carbons (Fsp3) is 0.158. The van der Waals surface area contributed by atoms with Crippen LogP contribution in [0.25, 0.3) is 10.2 Å². The predicted molar refractivity (Wildman–Crippen MR) is 109 cm³/mol. The van der Waals surface area contributed by atoms with E-state index < -0.39 is 27.1 Å². The molecule has 0 saturated heterocycles. The lowest BCUT2D eigenvalue weighted by Crippen LogP contribution is -2.16. The molecule has 0 spiro atoms. The van der Waals surface area contributed by atoms with Crippen LogP contribution in [0.4, 0.5) is 11.4 Å². The van der Waals surface area contributed by atoms with Crippen molar-refractivity contribution in [3.05, 3.63) is 84.7 Å². The van der Waals surface area contributed by atoms with Gasteiger partial charge in [0.2, 0.25) is 0 Å². The van der Waals surface area contributed by atoms with Crippen LogP contribution in [0.3, 0.4) is 0 Å². The van der Waals surface area contributed by atoms with E-state index in [0.29, 0.717) is 11.3 Å². The molecule has 0 saturated carbocycles. The fourth-order valence-electron chi connectivity index (χ4n) is 2.79. The first-order valence-corrected chi connectivity index (χ1v) is 9.27. The van der Waals surface area contributed by atoms with Crippen molar-refractivity contribution in [1.29, 1.82) is 0 Å². The van der Waals surface area contributed by atoms with Crippen LogP contribution in [-0.2, 0) is 6.54 Å². The lowest BCUT2D eigenvalue weighted by atomic mass is 10.1. The summed E-state index contributed by atoms with van der Waals surface area (Å²) in [5, 5.41) is 22.1. The highest BCUT2D eigenvalue weighted by Crippen LogP contribution is 2.24. The number of carbonyl (C=O) groups is 1. The minimum atomic E-state index is -0.797. The van der Waals surface area contributed by atoms with Crippen LogP contribution in [0.15, 0.2) is 48.0 Å². The maximum absolute atomic E-state index is 12.7. The molecule has 3 rings (SSSR count). The summed E-state index contributed by atoms with van der Waals surface area (Å²) in [6, 6.07) is 6.76. The molecule has 1 aromatic heterocycles. The molecule has 148 valence electrons. The Balaban J connectivity index is 2.20. The van der Waals surface area contributed by atoms with Crippen molar-refractivity contribution in [2.75, 3.05) is 0 Å². The second-order valence-corrected chi connectivity index (χ2v) is 7.37. The first-order chi connectivity index (χ1) is 13.7. The van der Waals surface area contributed by atoms with E-state index >= 15 is 0 Å². The van der Waals surface area contributed by atoms with Crippen LogP contribution < -0.4 is 4.80 Å². The van der Waals surface area contributed by atoms with Gasteiger partial charge in [-0.15, -0.1) is 6.58 Å². The molecule has 9 nitrogen and oxygen atoms in total. The molecule has 0 aliphatic carbocycles. The lowest BCUT2D eigenvalue weighted by molar-refractivity contribution is -0.394. The number of rotatable bonds is 5. The fourth-order valence-corrected chi connectivity index (χ4v) is 3.91. The minimum absolute atomic E-state index is 0.221. The van der Waals surface area contributed by atoms with Crippen LogP contribution in [0, 0.1) is 34.1 Å². The van der Waals surface area contributed by atoms with Crippen molar-refractivity contribution in [2.45, 2.75) is 20.4 Å². The molecule has 0 atom stereocenters. The van der Waals surface area contributed by atoms with Gasteiger partial charge >= 0.3 is 0 Å². The predicted octanol–water partition coefficient (Wildman–Crippen LogP) is 4.06. The Morgan fingerprint density at radius 1 is 1.10 bits per heavy atom. The summed E-state index contributed by atoms with van der Waals surface area (Å²) >= 11 is 1.29. The quantitative estimate of drug-likeness (QED) is 0.355. The van der Waals surface area contributed by atoms with Crippen molar-refractivity contribution in [1.82, 2.24) is 4.57 Å². The van der Waals surface area contributed by atoms with E-state index in [1.54, 1.807) is 6.08 Å². The van der Waals surface area contributed by atoms with E-state index in [2.05, 4.69) is 11.6 Å². The molecule has 0 N–H and O–H groups in total. The van der Waals surface area contributed by atoms with E-state index in [9.17, 15) is 25.0 Å². The van der Waals surface area contributed by atoms with Gasteiger partial charge in [0.1, 0.15) is 0 Å². The number of carbonyl (C=O) groups excluding carboxylic acids is 1. The summed E-state index contributed by atoms with van der Waals surface area (Å²) in [5.74, 6) is -0.797. The molecular formula is C19H16N4O5S. The Labute approximate surface area is 168 Å². The van der Waals surface area contributed by atoms with Crippen molar-refractivity contribution in [3.63, 3.8) is 0 Å². The van der Waals surface area contributed by atoms with Crippen molar-refractivity contribution in [3.8, 4) is 0 Å². The highest BCUT2D eigenvalue weighted by Gasteiger charge is 2.20. The molecule has 0 aliphatic rings. The number of fused-ring (bicyclic) bond motifs is 1. The zero-order valence-electron chi connectivity index (χ0n) is 15.6. The second kappa shape index (κ2) is 7.76. The summed E-state index contributed by atoms with van der Waals surface area (Å²) < 4.78 is 2.73. The SMILES string of the molecule is C=CCn1c(=NC(=O)c2cc([N+](=O)[O-])cc([N+](=O)[O-])c2)sc2cc(C)c(C)cc21. The molecule has 0 unspecified atom stereocenters. The smallest absolute Gasteiger partial charge is 0.280 e. The van der Waals surface area contributed by atoms with Gasteiger partial charge < -0.3 is 4.57 Å². The first kappa shape index (κ1) is 20.1. The number of aromatic nitrogens is 1. The molecule has 0 aliphatic heterocycles. The van der Waals surface area contributed by atoms with Gasteiger partial charge in [0.25, 0.3) is 17.3 Å². The molecule has 29 heavy (non-hydrogen) atoms.